The van der Waals surface area contributed by atoms with Crippen molar-refractivity contribution in [2.45, 2.75) is 270 Å². The van der Waals surface area contributed by atoms with Crippen LogP contribution in [0.4, 0.5) is 0 Å². The van der Waals surface area contributed by atoms with Gasteiger partial charge in [-0.1, -0.05) is 232 Å². The van der Waals surface area contributed by atoms with Crippen molar-refractivity contribution >= 4 is 5.91 Å². The standard InChI is InChI=1S/C44H89NO4/c1-3-5-7-9-11-13-15-17-19-20-21-22-23-24-25-27-29-31-33-35-37-39-43(48)45-41(40-46)44(49)42(47)38-36-34-32-30-28-26-18-16-14-12-10-8-6-4-2/h41-42,44,46-47,49H,3-40H2,1-2H3,(H,45,48)/t41-,42?,44+/m1/s1. The van der Waals surface area contributed by atoms with E-state index in [1.807, 2.05) is 0 Å². The number of aliphatic hydroxyl groups is 3. The summed E-state index contributed by atoms with van der Waals surface area (Å²) in [6.07, 6.45) is 45.0. The molecule has 4 N–H and O–H groups in total. The number of rotatable bonds is 41. The molecule has 0 aliphatic rings. The summed E-state index contributed by atoms with van der Waals surface area (Å²) in [5.74, 6) is -0.139. The molecule has 0 aromatic heterocycles. The van der Waals surface area contributed by atoms with Crippen molar-refractivity contribution in [2.75, 3.05) is 6.61 Å². The lowest BCUT2D eigenvalue weighted by atomic mass is 9.99. The molecular formula is C44H89NO4. The van der Waals surface area contributed by atoms with Crippen LogP contribution in [0.1, 0.15) is 251 Å². The van der Waals surface area contributed by atoms with E-state index in [1.54, 1.807) is 0 Å². The lowest BCUT2D eigenvalue weighted by Crippen LogP contribution is -2.50. The van der Waals surface area contributed by atoms with Gasteiger partial charge in [0.05, 0.1) is 18.8 Å². The second kappa shape index (κ2) is 40.1. The first kappa shape index (κ1) is 48.3. The van der Waals surface area contributed by atoms with Crippen LogP contribution >= 0.6 is 0 Å². The zero-order valence-corrected chi connectivity index (χ0v) is 33.4. The number of amides is 1. The fourth-order valence-corrected chi connectivity index (χ4v) is 7.22. The van der Waals surface area contributed by atoms with Gasteiger partial charge in [0.1, 0.15) is 6.10 Å². The van der Waals surface area contributed by atoms with Crippen LogP contribution in [0.15, 0.2) is 0 Å². The van der Waals surface area contributed by atoms with Crippen LogP contribution in [0, 0.1) is 0 Å². The van der Waals surface area contributed by atoms with Crippen LogP contribution in [0.3, 0.4) is 0 Å². The molecule has 0 saturated heterocycles. The first-order valence-corrected chi connectivity index (χ1v) is 22.3. The number of aliphatic hydroxyl groups excluding tert-OH is 3. The van der Waals surface area contributed by atoms with Gasteiger partial charge >= 0.3 is 0 Å². The fourth-order valence-electron chi connectivity index (χ4n) is 7.22. The Bertz CT molecular complexity index is 644. The van der Waals surface area contributed by atoms with E-state index >= 15 is 0 Å². The van der Waals surface area contributed by atoms with Gasteiger partial charge in [-0.2, -0.15) is 0 Å². The molecule has 5 heteroatoms. The molecule has 0 spiro atoms. The topological polar surface area (TPSA) is 89.8 Å². The summed E-state index contributed by atoms with van der Waals surface area (Å²) < 4.78 is 0. The minimum absolute atomic E-state index is 0.139. The highest BCUT2D eigenvalue weighted by molar-refractivity contribution is 5.76. The van der Waals surface area contributed by atoms with E-state index in [0.717, 1.165) is 32.1 Å². The summed E-state index contributed by atoms with van der Waals surface area (Å²) in [5, 5.41) is 33.5. The van der Waals surface area contributed by atoms with Gasteiger partial charge < -0.3 is 20.6 Å². The highest BCUT2D eigenvalue weighted by Gasteiger charge is 2.26. The number of hydrogen-bond acceptors (Lipinski definition) is 4. The maximum Gasteiger partial charge on any atom is 0.220 e. The van der Waals surface area contributed by atoms with Crippen molar-refractivity contribution in [3.63, 3.8) is 0 Å². The van der Waals surface area contributed by atoms with Crippen LogP contribution in [0.2, 0.25) is 0 Å². The van der Waals surface area contributed by atoms with Crippen molar-refractivity contribution in [3.8, 4) is 0 Å². The smallest absolute Gasteiger partial charge is 0.220 e. The van der Waals surface area contributed by atoms with Crippen molar-refractivity contribution in [1.82, 2.24) is 5.32 Å². The maximum absolute atomic E-state index is 12.4. The molecule has 1 unspecified atom stereocenters. The average molecular weight is 696 g/mol. The number of unbranched alkanes of at least 4 members (excludes halogenated alkanes) is 33. The normalized spacial score (nSPS) is 13.5. The van der Waals surface area contributed by atoms with Crippen molar-refractivity contribution in [2.24, 2.45) is 0 Å². The molecule has 0 aliphatic carbocycles. The molecular weight excluding hydrogens is 606 g/mol. The third-order valence-electron chi connectivity index (χ3n) is 10.7. The van der Waals surface area contributed by atoms with E-state index in [1.165, 1.54) is 193 Å². The second-order valence-corrected chi connectivity index (χ2v) is 15.6. The molecule has 0 aromatic rings. The summed E-state index contributed by atoms with van der Waals surface area (Å²) >= 11 is 0. The zero-order valence-electron chi connectivity index (χ0n) is 33.4. The SMILES string of the molecule is CCCCCCCCCCCCCCCCCCCCCCCC(=O)N[C@H](CO)[C@H](O)C(O)CCCCCCCCCCCCCCCC. The van der Waals surface area contributed by atoms with Crippen LogP contribution < -0.4 is 5.32 Å². The van der Waals surface area contributed by atoms with Crippen LogP contribution in [0.25, 0.3) is 0 Å². The Kier molecular flexibility index (Phi) is 39.6. The summed E-state index contributed by atoms with van der Waals surface area (Å²) in [7, 11) is 0. The van der Waals surface area contributed by atoms with E-state index < -0.39 is 18.2 Å². The van der Waals surface area contributed by atoms with E-state index in [-0.39, 0.29) is 12.5 Å². The monoisotopic (exact) mass is 696 g/mol. The van der Waals surface area contributed by atoms with Gasteiger partial charge in [-0.05, 0) is 12.8 Å². The first-order valence-electron chi connectivity index (χ1n) is 22.3. The fraction of sp³-hybridized carbons (Fsp3) is 0.977. The molecule has 3 atom stereocenters. The quantitative estimate of drug-likeness (QED) is 0.0479. The molecule has 49 heavy (non-hydrogen) atoms. The molecule has 0 aliphatic heterocycles. The van der Waals surface area contributed by atoms with Gasteiger partial charge in [-0.25, -0.2) is 0 Å². The highest BCUT2D eigenvalue weighted by atomic mass is 16.3. The minimum Gasteiger partial charge on any atom is -0.394 e. The molecule has 0 saturated carbocycles. The van der Waals surface area contributed by atoms with Crippen molar-refractivity contribution < 1.29 is 20.1 Å². The van der Waals surface area contributed by atoms with Crippen molar-refractivity contribution in [3.05, 3.63) is 0 Å². The second-order valence-electron chi connectivity index (χ2n) is 15.6. The summed E-state index contributed by atoms with van der Waals surface area (Å²) in [6, 6.07) is -0.802. The maximum atomic E-state index is 12.4. The minimum atomic E-state index is -1.13. The lowest BCUT2D eigenvalue weighted by molar-refractivity contribution is -0.124. The third kappa shape index (κ3) is 35.5. The van der Waals surface area contributed by atoms with Gasteiger partial charge in [-0.3, -0.25) is 4.79 Å². The van der Waals surface area contributed by atoms with Crippen LogP contribution in [-0.2, 0) is 4.79 Å². The third-order valence-corrected chi connectivity index (χ3v) is 10.7. The Hall–Kier alpha value is -0.650. The van der Waals surface area contributed by atoms with Gasteiger partial charge in [0.25, 0.3) is 0 Å². The predicted octanol–water partition coefficient (Wildman–Crippen LogP) is 12.7. The van der Waals surface area contributed by atoms with E-state index in [4.69, 9.17) is 0 Å². The van der Waals surface area contributed by atoms with Gasteiger partial charge in [0.15, 0.2) is 0 Å². The molecule has 5 nitrogen and oxygen atoms in total. The van der Waals surface area contributed by atoms with Crippen LogP contribution in [0.5, 0.6) is 0 Å². The molecule has 0 fully saturated rings. The molecule has 1 amide bonds. The van der Waals surface area contributed by atoms with Gasteiger partial charge in [0, 0.05) is 6.42 Å². The van der Waals surface area contributed by atoms with Gasteiger partial charge in [-0.15, -0.1) is 0 Å². The summed E-state index contributed by atoms with van der Waals surface area (Å²) in [4.78, 5) is 12.4. The molecule has 0 aromatic carbocycles. The number of carbonyl (C=O) groups is 1. The molecule has 0 heterocycles. The Morgan fingerprint density at radius 2 is 0.694 bits per heavy atom. The summed E-state index contributed by atoms with van der Waals surface area (Å²) in [5.41, 5.74) is 0. The highest BCUT2D eigenvalue weighted by Crippen LogP contribution is 2.17. The Morgan fingerprint density at radius 3 is 0.980 bits per heavy atom. The zero-order chi connectivity index (χ0) is 35.9. The average Bonchev–Trinajstić information content (AvgIpc) is 3.10. The van der Waals surface area contributed by atoms with E-state index in [0.29, 0.717) is 12.8 Å². The Balaban J connectivity index is 3.56. The molecule has 0 bridgehead atoms. The van der Waals surface area contributed by atoms with E-state index in [2.05, 4.69) is 19.2 Å². The molecule has 0 radical (unpaired) electrons. The van der Waals surface area contributed by atoms with Crippen LogP contribution in [-0.4, -0.2) is 46.1 Å². The summed E-state index contributed by atoms with van der Waals surface area (Å²) in [6.45, 7) is 4.20. The molecule has 294 valence electrons. The Morgan fingerprint density at radius 1 is 0.429 bits per heavy atom. The van der Waals surface area contributed by atoms with Gasteiger partial charge in [0.2, 0.25) is 5.91 Å². The van der Waals surface area contributed by atoms with E-state index in [9.17, 15) is 20.1 Å². The van der Waals surface area contributed by atoms with Crippen molar-refractivity contribution in [1.29, 1.82) is 0 Å². The lowest BCUT2D eigenvalue weighted by Gasteiger charge is -2.26. The molecule has 0 rings (SSSR count). The number of nitrogens with one attached hydrogen (secondary N) is 1. The largest absolute Gasteiger partial charge is 0.394 e. The number of hydrogen-bond donors (Lipinski definition) is 4. The first-order chi connectivity index (χ1) is 24.1. The number of carbonyl (C=O) groups excluding carboxylic acids is 1. The Labute approximate surface area is 307 Å². The predicted molar refractivity (Wildman–Crippen MR) is 213 cm³/mol.